The molecule has 9 heteroatoms. The van der Waals surface area contributed by atoms with Crippen molar-refractivity contribution >= 4 is 41.7 Å². The van der Waals surface area contributed by atoms with E-state index in [1.807, 2.05) is 0 Å². The van der Waals surface area contributed by atoms with Crippen molar-refractivity contribution in [3.63, 3.8) is 0 Å². The van der Waals surface area contributed by atoms with Crippen molar-refractivity contribution in [2.75, 3.05) is 3.71 Å². The summed E-state index contributed by atoms with van der Waals surface area (Å²) >= 11 is 3.25. The first-order chi connectivity index (χ1) is 13.3. The normalized spacial score (nSPS) is 11.9. The molecule has 3 aromatic rings. The highest BCUT2D eigenvalue weighted by molar-refractivity contribution is 9.10. The predicted octanol–water partition coefficient (Wildman–Crippen LogP) is 3.53. The van der Waals surface area contributed by atoms with Gasteiger partial charge in [-0.2, -0.15) is 3.71 Å². The van der Waals surface area contributed by atoms with E-state index < -0.39 is 20.0 Å². The highest BCUT2D eigenvalue weighted by Crippen LogP contribution is 2.33. The number of hydrogen-bond acceptors (Lipinski definition) is 5. The van der Waals surface area contributed by atoms with Gasteiger partial charge in [0.2, 0.25) is 0 Å². The fourth-order valence-electron chi connectivity index (χ4n) is 2.58. The minimum Gasteiger partial charge on any atom is -0.392 e. The summed E-state index contributed by atoms with van der Waals surface area (Å²) < 4.78 is 54.2. The standard InChI is InChI=1S/C19H16BrNO5S2/c20-19-12-11-16(13-15(19)14-22)21(27(23,24)17-7-3-1-4-8-17)28(25,26)18-9-5-2-6-10-18/h1-13,22H,14H2. The van der Waals surface area contributed by atoms with E-state index in [-0.39, 0.29) is 22.1 Å². The highest BCUT2D eigenvalue weighted by atomic mass is 79.9. The monoisotopic (exact) mass is 481 g/mol. The number of aliphatic hydroxyl groups excluding tert-OH is 1. The van der Waals surface area contributed by atoms with Gasteiger partial charge in [-0.3, -0.25) is 0 Å². The molecule has 0 fully saturated rings. The summed E-state index contributed by atoms with van der Waals surface area (Å²) in [5.41, 5.74) is 0.258. The predicted molar refractivity (Wildman–Crippen MR) is 110 cm³/mol. The lowest BCUT2D eigenvalue weighted by atomic mass is 10.2. The Hall–Kier alpha value is -2.20. The fourth-order valence-corrected chi connectivity index (χ4v) is 6.67. The molecule has 0 spiro atoms. The molecule has 6 nitrogen and oxygen atoms in total. The first-order valence-electron chi connectivity index (χ1n) is 8.08. The number of hydrogen-bond donors (Lipinski definition) is 1. The number of anilines is 1. The third kappa shape index (κ3) is 3.83. The zero-order valence-corrected chi connectivity index (χ0v) is 17.7. The lowest BCUT2D eigenvalue weighted by molar-refractivity contribution is 0.281. The summed E-state index contributed by atoms with van der Waals surface area (Å²) in [5.74, 6) is 0. The number of rotatable bonds is 6. The van der Waals surface area contributed by atoms with Gasteiger partial charge in [-0.25, -0.2) is 16.8 Å². The maximum atomic E-state index is 13.3. The van der Waals surface area contributed by atoms with Crippen LogP contribution in [0.25, 0.3) is 0 Å². The Morgan fingerprint density at radius 2 is 1.21 bits per heavy atom. The van der Waals surface area contributed by atoms with Gasteiger partial charge in [0.05, 0.1) is 22.1 Å². The van der Waals surface area contributed by atoms with Crippen LogP contribution in [0.5, 0.6) is 0 Å². The highest BCUT2D eigenvalue weighted by Gasteiger charge is 2.37. The molecule has 0 amide bonds. The van der Waals surface area contributed by atoms with Gasteiger partial charge >= 0.3 is 0 Å². The van der Waals surface area contributed by atoms with Crippen molar-refractivity contribution in [1.29, 1.82) is 0 Å². The molecular weight excluding hydrogens is 466 g/mol. The molecule has 0 bridgehead atoms. The topological polar surface area (TPSA) is 91.8 Å². The van der Waals surface area contributed by atoms with Gasteiger partial charge < -0.3 is 5.11 Å². The number of benzene rings is 3. The smallest absolute Gasteiger partial charge is 0.277 e. The van der Waals surface area contributed by atoms with Crippen LogP contribution in [0.2, 0.25) is 0 Å². The van der Waals surface area contributed by atoms with Crippen LogP contribution in [0.15, 0.2) is 93.1 Å². The van der Waals surface area contributed by atoms with Gasteiger partial charge in [0, 0.05) is 4.47 Å². The third-order valence-corrected chi connectivity index (χ3v) is 8.91. The number of halogens is 1. The van der Waals surface area contributed by atoms with Crippen molar-refractivity contribution in [2.45, 2.75) is 16.4 Å². The van der Waals surface area contributed by atoms with Crippen molar-refractivity contribution < 1.29 is 21.9 Å². The Morgan fingerprint density at radius 3 is 1.64 bits per heavy atom. The van der Waals surface area contributed by atoms with Crippen molar-refractivity contribution in [3.05, 3.63) is 88.9 Å². The van der Waals surface area contributed by atoms with Crippen LogP contribution in [-0.2, 0) is 26.7 Å². The second-order valence-corrected chi connectivity index (χ2v) is 10.4. The average molecular weight is 482 g/mol. The first kappa shape index (κ1) is 20.5. The molecule has 3 rings (SSSR count). The van der Waals surface area contributed by atoms with Crippen LogP contribution >= 0.6 is 15.9 Å². The van der Waals surface area contributed by atoms with Gasteiger partial charge in [-0.1, -0.05) is 52.3 Å². The molecule has 1 N–H and O–H groups in total. The summed E-state index contributed by atoms with van der Waals surface area (Å²) in [4.78, 5) is -0.328. The molecule has 0 atom stereocenters. The Balaban J connectivity index is 2.29. The molecule has 0 saturated heterocycles. The van der Waals surface area contributed by atoms with Crippen molar-refractivity contribution in [3.8, 4) is 0 Å². The first-order valence-corrected chi connectivity index (χ1v) is 11.8. The molecule has 28 heavy (non-hydrogen) atoms. The van der Waals surface area contributed by atoms with Crippen LogP contribution in [0.3, 0.4) is 0 Å². The minimum atomic E-state index is -4.45. The van der Waals surface area contributed by atoms with Crippen molar-refractivity contribution in [1.82, 2.24) is 0 Å². The lowest BCUT2D eigenvalue weighted by Crippen LogP contribution is -2.37. The van der Waals surface area contributed by atoms with E-state index in [9.17, 15) is 21.9 Å². The van der Waals surface area contributed by atoms with Gasteiger partial charge in [-0.05, 0) is 48.0 Å². The van der Waals surface area contributed by atoms with E-state index >= 15 is 0 Å². The van der Waals surface area contributed by atoms with E-state index in [4.69, 9.17) is 0 Å². The summed E-state index contributed by atoms with van der Waals surface area (Å²) in [6, 6.07) is 18.8. The number of nitrogens with zero attached hydrogens (tertiary/aromatic N) is 1. The van der Waals surface area contributed by atoms with Crippen LogP contribution in [0.1, 0.15) is 5.56 Å². The third-order valence-electron chi connectivity index (χ3n) is 3.93. The maximum Gasteiger partial charge on any atom is 0.277 e. The number of sulfonamides is 2. The molecule has 146 valence electrons. The van der Waals surface area contributed by atoms with E-state index in [2.05, 4.69) is 15.9 Å². The molecule has 0 radical (unpaired) electrons. The summed E-state index contributed by atoms with van der Waals surface area (Å²) in [7, 11) is -8.90. The molecule has 0 aliphatic rings. The molecular formula is C19H16BrNO5S2. The SMILES string of the molecule is O=S(=O)(c1ccccc1)N(c1ccc(Br)c(CO)c1)S(=O)(=O)c1ccccc1. The van der Waals surface area contributed by atoms with Crippen LogP contribution in [0, 0.1) is 0 Å². The quantitative estimate of drug-likeness (QED) is 0.581. The average Bonchev–Trinajstić information content (AvgIpc) is 2.70. The second-order valence-electron chi connectivity index (χ2n) is 5.77. The zero-order chi connectivity index (χ0) is 20.4. The van der Waals surface area contributed by atoms with Crippen molar-refractivity contribution in [2.24, 2.45) is 0 Å². The van der Waals surface area contributed by atoms with Crippen LogP contribution < -0.4 is 3.71 Å². The lowest BCUT2D eigenvalue weighted by Gasteiger charge is -2.24. The molecule has 3 aromatic carbocycles. The molecule has 0 unspecified atom stereocenters. The second kappa shape index (κ2) is 8.04. The fraction of sp³-hybridized carbons (Fsp3) is 0.0526. The Bertz CT molecular complexity index is 1110. The van der Waals surface area contributed by atoms with E-state index in [1.165, 1.54) is 66.7 Å². The van der Waals surface area contributed by atoms with Crippen LogP contribution in [-0.4, -0.2) is 21.9 Å². The Labute approximate surface area is 172 Å². The van der Waals surface area contributed by atoms with E-state index in [0.717, 1.165) is 0 Å². The molecule has 0 heterocycles. The molecule has 0 aliphatic heterocycles. The molecule has 0 aromatic heterocycles. The Kier molecular flexibility index (Phi) is 5.90. The van der Waals surface area contributed by atoms with Gasteiger partial charge in [0.15, 0.2) is 0 Å². The summed E-state index contributed by atoms with van der Waals surface area (Å²) in [6.45, 7) is -0.390. The number of aliphatic hydroxyl groups is 1. The van der Waals surface area contributed by atoms with E-state index in [1.54, 1.807) is 12.1 Å². The largest absolute Gasteiger partial charge is 0.392 e. The van der Waals surface area contributed by atoms with E-state index in [0.29, 0.717) is 13.7 Å². The zero-order valence-electron chi connectivity index (χ0n) is 14.4. The summed E-state index contributed by atoms with van der Waals surface area (Å²) in [5, 5.41) is 9.52. The van der Waals surface area contributed by atoms with Gasteiger partial charge in [0.25, 0.3) is 20.0 Å². The Morgan fingerprint density at radius 1 is 0.750 bits per heavy atom. The van der Waals surface area contributed by atoms with Gasteiger partial charge in [-0.15, -0.1) is 0 Å². The molecule has 0 aliphatic carbocycles. The van der Waals surface area contributed by atoms with Gasteiger partial charge in [0.1, 0.15) is 0 Å². The summed E-state index contributed by atoms with van der Waals surface area (Å²) in [6.07, 6.45) is 0. The maximum absolute atomic E-state index is 13.3. The molecule has 0 saturated carbocycles. The van der Waals surface area contributed by atoms with Crippen LogP contribution in [0.4, 0.5) is 5.69 Å². The minimum absolute atomic E-state index is 0.0973.